The van der Waals surface area contributed by atoms with Gasteiger partial charge in [-0.2, -0.15) is 12.6 Å². The average molecular weight is 571 g/mol. The Morgan fingerprint density at radius 2 is 1.40 bits per heavy atom. The SMILES string of the molecule is C[Si](C)(C)O[Si](C)(C)CCCOCC(=O)NCCCCCCNC(=O)SCCOCCOCCS. The van der Waals surface area contributed by atoms with Gasteiger partial charge in [-0.15, -0.1) is 0 Å². The Morgan fingerprint density at radius 3 is 2.03 bits per heavy atom. The molecule has 0 fully saturated rings. The van der Waals surface area contributed by atoms with Crippen molar-refractivity contribution in [2.24, 2.45) is 0 Å². The number of rotatable bonds is 23. The molecule has 12 heteroatoms. The Hall–Kier alpha value is -0.0862. The Balaban J connectivity index is 3.44. The number of carbonyl (C=O) groups is 2. The number of hydrogen-bond donors (Lipinski definition) is 3. The summed E-state index contributed by atoms with van der Waals surface area (Å²) in [6.45, 7) is 15.5. The Morgan fingerprint density at radius 1 is 0.771 bits per heavy atom. The Kier molecular flexibility index (Phi) is 21.9. The molecule has 0 aliphatic rings. The predicted molar refractivity (Wildman–Crippen MR) is 155 cm³/mol. The maximum atomic E-state index is 11.9. The predicted octanol–water partition coefficient (Wildman–Crippen LogP) is 4.53. The molecule has 2 amide bonds. The number of ether oxygens (including phenoxy) is 3. The fourth-order valence-electron chi connectivity index (χ4n) is 3.35. The van der Waals surface area contributed by atoms with Gasteiger partial charge in [-0.3, -0.25) is 9.59 Å². The van der Waals surface area contributed by atoms with Gasteiger partial charge >= 0.3 is 0 Å². The van der Waals surface area contributed by atoms with E-state index in [-0.39, 0.29) is 17.8 Å². The van der Waals surface area contributed by atoms with Crippen LogP contribution in [0.25, 0.3) is 0 Å². The highest BCUT2D eigenvalue weighted by atomic mass is 32.2. The first-order chi connectivity index (χ1) is 16.6. The van der Waals surface area contributed by atoms with Crippen molar-refractivity contribution in [1.82, 2.24) is 10.6 Å². The first-order valence-electron chi connectivity index (χ1n) is 12.8. The van der Waals surface area contributed by atoms with Gasteiger partial charge < -0.3 is 29.0 Å². The molecule has 35 heavy (non-hydrogen) atoms. The second kappa shape index (κ2) is 21.9. The van der Waals surface area contributed by atoms with Crippen LogP contribution >= 0.6 is 24.4 Å². The molecular weight excluding hydrogens is 521 g/mol. The van der Waals surface area contributed by atoms with Crippen LogP contribution in [-0.4, -0.2) is 92.0 Å². The summed E-state index contributed by atoms with van der Waals surface area (Å²) in [5.74, 6) is 1.28. The molecule has 0 rings (SSSR count). The third-order valence-electron chi connectivity index (χ3n) is 4.65. The minimum atomic E-state index is -1.63. The second-order valence-electron chi connectivity index (χ2n) is 9.91. The summed E-state index contributed by atoms with van der Waals surface area (Å²) >= 11 is 5.30. The normalized spacial score (nSPS) is 12.1. The quantitative estimate of drug-likeness (QED) is 0.0944. The molecule has 0 saturated heterocycles. The number of unbranched alkanes of at least 4 members (excludes halogenated alkanes) is 3. The van der Waals surface area contributed by atoms with Gasteiger partial charge in [0.05, 0.1) is 26.4 Å². The molecule has 0 spiro atoms. The Bertz CT molecular complexity index is 555. The molecule has 0 heterocycles. The van der Waals surface area contributed by atoms with Crippen molar-refractivity contribution < 1.29 is 27.9 Å². The third-order valence-corrected chi connectivity index (χ3v) is 11.8. The lowest BCUT2D eigenvalue weighted by Gasteiger charge is -2.31. The molecule has 2 N–H and O–H groups in total. The lowest BCUT2D eigenvalue weighted by molar-refractivity contribution is -0.125. The van der Waals surface area contributed by atoms with Crippen LogP contribution < -0.4 is 10.6 Å². The molecule has 0 atom stereocenters. The van der Waals surface area contributed by atoms with Crippen molar-refractivity contribution in [1.29, 1.82) is 0 Å². The number of carbonyl (C=O) groups excluding carboxylic acids is 2. The average Bonchev–Trinajstić information content (AvgIpc) is 2.75. The van der Waals surface area contributed by atoms with E-state index in [1.165, 1.54) is 11.8 Å². The van der Waals surface area contributed by atoms with Crippen molar-refractivity contribution in [3.8, 4) is 0 Å². The number of thiol groups is 1. The fraction of sp³-hybridized carbons (Fsp3) is 0.913. The van der Waals surface area contributed by atoms with Crippen molar-refractivity contribution >= 4 is 52.2 Å². The van der Waals surface area contributed by atoms with E-state index in [4.69, 9.17) is 18.3 Å². The summed E-state index contributed by atoms with van der Waals surface area (Å²) in [6, 6.07) is 1.06. The van der Waals surface area contributed by atoms with Gasteiger partial charge in [0, 0.05) is 31.2 Å². The molecule has 0 aliphatic heterocycles. The molecule has 0 aromatic heterocycles. The summed E-state index contributed by atoms with van der Waals surface area (Å²) in [6.07, 6.45) is 4.84. The van der Waals surface area contributed by atoms with Crippen LogP contribution in [-0.2, 0) is 23.1 Å². The molecule has 0 radical (unpaired) electrons. The Labute approximate surface area is 225 Å². The monoisotopic (exact) mass is 570 g/mol. The van der Waals surface area contributed by atoms with E-state index in [1.807, 2.05) is 0 Å². The van der Waals surface area contributed by atoms with E-state index in [2.05, 4.69) is 56.0 Å². The number of thioether (sulfide) groups is 1. The van der Waals surface area contributed by atoms with Crippen molar-refractivity contribution in [3.05, 3.63) is 0 Å². The van der Waals surface area contributed by atoms with E-state index in [9.17, 15) is 9.59 Å². The van der Waals surface area contributed by atoms with Crippen LogP contribution in [0.3, 0.4) is 0 Å². The lowest BCUT2D eigenvalue weighted by Crippen LogP contribution is -2.42. The maximum Gasteiger partial charge on any atom is 0.279 e. The summed E-state index contributed by atoms with van der Waals surface area (Å²) in [7, 11) is -3.13. The highest BCUT2D eigenvalue weighted by Crippen LogP contribution is 2.19. The van der Waals surface area contributed by atoms with Gasteiger partial charge in [-0.25, -0.2) is 0 Å². The van der Waals surface area contributed by atoms with Crippen molar-refractivity contribution in [2.75, 3.05) is 64.2 Å². The molecule has 0 saturated carbocycles. The van der Waals surface area contributed by atoms with E-state index in [0.717, 1.165) is 38.1 Å². The zero-order chi connectivity index (χ0) is 26.4. The molecule has 0 unspecified atom stereocenters. The largest absolute Gasteiger partial charge is 0.456 e. The zero-order valence-corrected chi connectivity index (χ0v) is 26.3. The standard InChI is InChI=1S/C23H50N2O6S2Si2/c1-34(2,3)31-35(4,5)20-10-13-30-21-22(26)24-11-8-6-7-9-12-25-23(27)33-19-17-29-15-14-28-16-18-32/h32H,6-21H2,1-5H3,(H,24,26)(H,25,27). The maximum absolute atomic E-state index is 11.9. The highest BCUT2D eigenvalue weighted by Gasteiger charge is 2.28. The van der Waals surface area contributed by atoms with Crippen LogP contribution in [0.5, 0.6) is 0 Å². The molecular formula is C23H50N2O6S2Si2. The van der Waals surface area contributed by atoms with Gasteiger partial charge in [0.15, 0.2) is 16.6 Å². The third kappa shape index (κ3) is 26.8. The number of nitrogens with one attached hydrogen (secondary N) is 2. The van der Waals surface area contributed by atoms with Gasteiger partial charge in [-0.05, 0) is 58.0 Å². The lowest BCUT2D eigenvalue weighted by atomic mass is 10.2. The number of amides is 2. The number of hydrogen-bond acceptors (Lipinski definition) is 8. The first-order valence-corrected chi connectivity index (χ1v) is 20.9. The zero-order valence-electron chi connectivity index (χ0n) is 22.6. The molecule has 8 nitrogen and oxygen atoms in total. The van der Waals surface area contributed by atoms with E-state index >= 15 is 0 Å². The van der Waals surface area contributed by atoms with E-state index in [0.29, 0.717) is 57.6 Å². The topological polar surface area (TPSA) is 95.1 Å². The van der Waals surface area contributed by atoms with Gasteiger partial charge in [0.2, 0.25) is 5.91 Å². The van der Waals surface area contributed by atoms with Crippen LogP contribution in [0.1, 0.15) is 32.1 Å². The van der Waals surface area contributed by atoms with Crippen LogP contribution in [0, 0.1) is 0 Å². The van der Waals surface area contributed by atoms with Crippen molar-refractivity contribution in [2.45, 2.75) is 70.9 Å². The van der Waals surface area contributed by atoms with Crippen LogP contribution in [0.2, 0.25) is 38.8 Å². The highest BCUT2D eigenvalue weighted by molar-refractivity contribution is 8.13. The smallest absolute Gasteiger partial charge is 0.279 e. The van der Waals surface area contributed by atoms with Crippen LogP contribution in [0.15, 0.2) is 0 Å². The molecule has 0 bridgehead atoms. The molecule has 0 aromatic carbocycles. The van der Waals surface area contributed by atoms with E-state index < -0.39 is 16.6 Å². The first kappa shape index (κ1) is 34.9. The van der Waals surface area contributed by atoms with Crippen LogP contribution in [0.4, 0.5) is 4.79 Å². The summed E-state index contributed by atoms with van der Waals surface area (Å²) in [4.78, 5) is 23.6. The second-order valence-corrected chi connectivity index (χ2v) is 20.5. The minimum Gasteiger partial charge on any atom is -0.456 e. The van der Waals surface area contributed by atoms with Gasteiger partial charge in [-0.1, -0.05) is 24.6 Å². The summed E-state index contributed by atoms with van der Waals surface area (Å²) in [5, 5.41) is 5.80. The molecule has 208 valence electrons. The van der Waals surface area contributed by atoms with Gasteiger partial charge in [0.25, 0.3) is 5.24 Å². The molecule has 0 aliphatic carbocycles. The van der Waals surface area contributed by atoms with E-state index in [1.54, 1.807) is 0 Å². The molecule has 0 aromatic rings. The van der Waals surface area contributed by atoms with Crippen molar-refractivity contribution in [3.63, 3.8) is 0 Å². The fourth-order valence-corrected chi connectivity index (χ4v) is 12.1. The minimum absolute atomic E-state index is 0.0123. The van der Waals surface area contributed by atoms with Gasteiger partial charge in [0.1, 0.15) is 6.61 Å². The summed E-state index contributed by atoms with van der Waals surface area (Å²) in [5.41, 5.74) is 0. The summed E-state index contributed by atoms with van der Waals surface area (Å²) < 4.78 is 22.5.